The van der Waals surface area contributed by atoms with Gasteiger partial charge >= 0.3 is 5.97 Å². The molecule has 1 heterocycles. The lowest BCUT2D eigenvalue weighted by Gasteiger charge is -2.38. The van der Waals surface area contributed by atoms with Crippen LogP contribution in [0.15, 0.2) is 41.4 Å². The van der Waals surface area contributed by atoms with E-state index in [-0.39, 0.29) is 27.6 Å². The highest BCUT2D eigenvalue weighted by molar-refractivity contribution is 6.33. The van der Waals surface area contributed by atoms with Crippen LogP contribution in [-0.2, 0) is 16.7 Å². The van der Waals surface area contributed by atoms with Gasteiger partial charge in [0.25, 0.3) is 0 Å². The molecule has 0 fully saturated rings. The fourth-order valence-corrected chi connectivity index (χ4v) is 4.04. The monoisotopic (exact) mass is 416 g/mol. The van der Waals surface area contributed by atoms with Crippen molar-refractivity contribution in [3.05, 3.63) is 58.1 Å². The number of esters is 1. The van der Waals surface area contributed by atoms with E-state index in [9.17, 15) is 15.0 Å². The van der Waals surface area contributed by atoms with E-state index >= 15 is 0 Å². The van der Waals surface area contributed by atoms with E-state index in [1.54, 1.807) is 0 Å². The van der Waals surface area contributed by atoms with Crippen LogP contribution in [0, 0.1) is 0 Å². The van der Waals surface area contributed by atoms with Gasteiger partial charge in [-0.1, -0.05) is 41.9 Å². The van der Waals surface area contributed by atoms with Crippen LogP contribution in [0.2, 0.25) is 5.02 Å². The normalized spacial score (nSPS) is 14.1. The van der Waals surface area contributed by atoms with Crippen molar-refractivity contribution in [1.29, 1.82) is 0 Å². The molecule has 1 aliphatic rings. The lowest BCUT2D eigenvalue weighted by atomic mass is 9.91. The van der Waals surface area contributed by atoms with Crippen molar-refractivity contribution in [3.63, 3.8) is 0 Å². The van der Waals surface area contributed by atoms with Crippen LogP contribution in [-0.4, -0.2) is 47.1 Å². The van der Waals surface area contributed by atoms with Crippen molar-refractivity contribution in [2.75, 3.05) is 20.2 Å². The van der Waals surface area contributed by atoms with Gasteiger partial charge in [0.15, 0.2) is 0 Å². The van der Waals surface area contributed by atoms with Crippen LogP contribution < -0.4 is 0 Å². The minimum atomic E-state index is -0.700. The summed E-state index contributed by atoms with van der Waals surface area (Å²) in [5.41, 5.74) is 1.25. The average molecular weight is 417 g/mol. The summed E-state index contributed by atoms with van der Waals surface area (Å²) in [5, 5.41) is 20.2. The van der Waals surface area contributed by atoms with Crippen molar-refractivity contribution in [2.45, 2.75) is 32.2 Å². The largest absolute Gasteiger partial charge is 0.507 e. The molecule has 2 aromatic carbocycles. The van der Waals surface area contributed by atoms with Crippen LogP contribution in [0.25, 0.3) is 0 Å². The van der Waals surface area contributed by atoms with Gasteiger partial charge in [-0.05, 0) is 31.4 Å². The van der Waals surface area contributed by atoms with Crippen LogP contribution in [0.4, 0.5) is 0 Å². The number of benzene rings is 2. The minimum Gasteiger partial charge on any atom is -0.507 e. The zero-order valence-electron chi connectivity index (χ0n) is 16.8. The third-order valence-corrected chi connectivity index (χ3v) is 5.82. The summed E-state index contributed by atoms with van der Waals surface area (Å²) in [5.74, 6) is -0.437. The zero-order chi connectivity index (χ0) is 21.2. The summed E-state index contributed by atoms with van der Waals surface area (Å²) >= 11 is 6.26. The topological polar surface area (TPSA) is 82.4 Å². The summed E-state index contributed by atoms with van der Waals surface area (Å²) in [6.45, 7) is 5.78. The maximum Gasteiger partial charge on any atom is 0.341 e. The summed E-state index contributed by atoms with van der Waals surface area (Å²) in [6.07, 6.45) is 0.828. The summed E-state index contributed by atoms with van der Waals surface area (Å²) < 4.78 is 4.78. The molecule has 0 atom stereocenters. The van der Waals surface area contributed by atoms with Crippen molar-refractivity contribution >= 4 is 23.4 Å². The number of carbonyl (C=O) groups is 1. The van der Waals surface area contributed by atoms with E-state index in [2.05, 4.69) is 35.9 Å². The summed E-state index contributed by atoms with van der Waals surface area (Å²) in [7, 11) is 1.23. The number of aliphatic imine (C=N–C) groups is 1. The second-order valence-electron chi connectivity index (χ2n) is 7.45. The number of amidine groups is 1. The van der Waals surface area contributed by atoms with E-state index < -0.39 is 5.97 Å². The number of nitrogens with zero attached hydrogens (tertiary/aromatic N) is 2. The average Bonchev–Trinajstić information content (AvgIpc) is 3.19. The molecule has 6 nitrogen and oxygen atoms in total. The molecule has 1 aliphatic heterocycles. The molecule has 0 aromatic heterocycles. The Balaban J connectivity index is 1.87. The molecule has 0 unspecified atom stereocenters. The lowest BCUT2D eigenvalue weighted by Crippen LogP contribution is -2.44. The molecule has 2 aromatic rings. The number of aromatic hydroxyl groups is 2. The van der Waals surface area contributed by atoms with Crippen LogP contribution in [0.1, 0.15) is 41.8 Å². The number of hydrogen-bond donors (Lipinski definition) is 2. The molecule has 0 radical (unpaired) electrons. The molecule has 29 heavy (non-hydrogen) atoms. The Labute approximate surface area is 175 Å². The quantitative estimate of drug-likeness (QED) is 0.692. The first-order valence-corrected chi connectivity index (χ1v) is 9.83. The predicted octanol–water partition coefficient (Wildman–Crippen LogP) is 4.12. The molecule has 154 valence electrons. The van der Waals surface area contributed by atoms with E-state index in [1.165, 1.54) is 12.7 Å². The van der Waals surface area contributed by atoms with E-state index in [1.807, 2.05) is 18.2 Å². The molecular formula is C22H25ClN2O4. The number of hydrogen-bond acceptors (Lipinski definition) is 6. The van der Waals surface area contributed by atoms with E-state index in [0.717, 1.165) is 18.4 Å². The smallest absolute Gasteiger partial charge is 0.341 e. The van der Waals surface area contributed by atoms with Crippen molar-refractivity contribution in [3.8, 4) is 11.5 Å². The highest BCUT2D eigenvalue weighted by atomic mass is 35.5. The minimum absolute atomic E-state index is 0.0252. The first kappa shape index (κ1) is 21.0. The maximum atomic E-state index is 12.2. The number of ether oxygens (including phenoxy) is 1. The molecule has 2 N–H and O–H groups in total. The molecule has 0 saturated carbocycles. The van der Waals surface area contributed by atoms with Crippen LogP contribution in [0.3, 0.4) is 0 Å². The lowest BCUT2D eigenvalue weighted by molar-refractivity contribution is 0.0596. The number of phenols is 2. The molecular weight excluding hydrogens is 392 g/mol. The maximum absolute atomic E-state index is 12.2. The van der Waals surface area contributed by atoms with E-state index in [4.69, 9.17) is 16.3 Å². The number of methoxy groups -OCH3 is 1. The van der Waals surface area contributed by atoms with E-state index in [0.29, 0.717) is 24.9 Å². The Morgan fingerprint density at radius 2 is 1.90 bits per heavy atom. The molecule has 7 heteroatoms. The first-order valence-electron chi connectivity index (χ1n) is 9.45. The molecule has 0 saturated heterocycles. The van der Waals surface area contributed by atoms with Gasteiger partial charge in [0.1, 0.15) is 22.9 Å². The van der Waals surface area contributed by atoms with Crippen LogP contribution in [0.5, 0.6) is 11.5 Å². The number of phenolic OH excluding ortho intramolecular Hbond substituents is 2. The zero-order valence-corrected chi connectivity index (χ0v) is 17.5. The molecule has 3 rings (SSSR count). The molecule has 0 aliphatic carbocycles. The second kappa shape index (κ2) is 8.33. The Morgan fingerprint density at radius 1 is 1.21 bits per heavy atom. The molecule has 0 spiro atoms. The first-order chi connectivity index (χ1) is 13.8. The standard InChI is InChI=1S/C22H25ClN2O4/c1-22(2,14-7-5-4-6-8-14)25-12-11-24-18(25)10-9-15-19(21(28)29-3)16(26)13-17(27)20(15)23/h4-8,13,26-27H,9-12H2,1-3H3. The fraction of sp³-hybridized carbons (Fsp3) is 0.364. The SMILES string of the molecule is COC(=O)c1c(O)cc(O)c(Cl)c1CCC1=NCCN1C(C)(C)c1ccccc1. The van der Waals surface area contributed by atoms with Gasteiger partial charge < -0.3 is 19.8 Å². The third kappa shape index (κ3) is 4.03. The molecule has 0 amide bonds. The Hall–Kier alpha value is -2.73. The number of halogens is 1. The van der Waals surface area contributed by atoms with Gasteiger partial charge in [-0.25, -0.2) is 4.79 Å². The Morgan fingerprint density at radius 3 is 2.55 bits per heavy atom. The van der Waals surface area contributed by atoms with Gasteiger partial charge in [-0.3, -0.25) is 4.99 Å². The Kier molecular flexibility index (Phi) is 6.03. The molecule has 0 bridgehead atoms. The van der Waals surface area contributed by atoms with Crippen molar-refractivity contribution in [1.82, 2.24) is 4.90 Å². The third-order valence-electron chi connectivity index (χ3n) is 5.39. The van der Waals surface area contributed by atoms with Gasteiger partial charge in [-0.2, -0.15) is 0 Å². The summed E-state index contributed by atoms with van der Waals surface area (Å²) in [6, 6.07) is 11.3. The van der Waals surface area contributed by atoms with Crippen molar-refractivity contribution < 1.29 is 19.7 Å². The summed E-state index contributed by atoms with van der Waals surface area (Å²) in [4.78, 5) is 19.1. The highest BCUT2D eigenvalue weighted by Crippen LogP contribution is 2.38. The van der Waals surface area contributed by atoms with Gasteiger partial charge in [-0.15, -0.1) is 0 Å². The second-order valence-corrected chi connectivity index (χ2v) is 7.83. The number of carbonyl (C=O) groups excluding carboxylic acids is 1. The van der Waals surface area contributed by atoms with Crippen LogP contribution >= 0.6 is 11.6 Å². The predicted molar refractivity (Wildman–Crippen MR) is 113 cm³/mol. The fourth-order valence-electron chi connectivity index (χ4n) is 3.80. The van der Waals surface area contributed by atoms with Crippen molar-refractivity contribution in [2.24, 2.45) is 4.99 Å². The van der Waals surface area contributed by atoms with Gasteiger partial charge in [0.2, 0.25) is 0 Å². The van der Waals surface area contributed by atoms with Gasteiger partial charge in [0.05, 0.1) is 24.2 Å². The number of rotatable bonds is 6. The highest BCUT2D eigenvalue weighted by Gasteiger charge is 2.33. The van der Waals surface area contributed by atoms with Gasteiger partial charge in [0, 0.05) is 19.0 Å². The Bertz CT molecular complexity index is 942.